The van der Waals surface area contributed by atoms with E-state index in [-0.39, 0.29) is 23.6 Å². The molecular formula is C27H29N5O3. The smallest absolute Gasteiger partial charge is 0.256 e. The van der Waals surface area contributed by atoms with Crippen molar-refractivity contribution in [1.29, 1.82) is 0 Å². The molecule has 0 radical (unpaired) electrons. The van der Waals surface area contributed by atoms with Gasteiger partial charge in [-0.2, -0.15) is 5.10 Å². The lowest BCUT2D eigenvalue weighted by Gasteiger charge is -2.15. The molecule has 1 atom stereocenters. The summed E-state index contributed by atoms with van der Waals surface area (Å²) >= 11 is 0. The molecule has 2 aromatic carbocycles. The van der Waals surface area contributed by atoms with Gasteiger partial charge in [-0.3, -0.25) is 14.4 Å². The van der Waals surface area contributed by atoms with Crippen molar-refractivity contribution in [1.82, 2.24) is 20.0 Å². The molecule has 0 unspecified atom stereocenters. The first kappa shape index (κ1) is 22.8. The molecule has 8 nitrogen and oxygen atoms in total. The maximum absolute atomic E-state index is 12.6. The van der Waals surface area contributed by atoms with Crippen molar-refractivity contribution in [2.24, 2.45) is 5.92 Å². The van der Waals surface area contributed by atoms with Gasteiger partial charge < -0.3 is 15.5 Å². The van der Waals surface area contributed by atoms with Crippen molar-refractivity contribution in [2.75, 3.05) is 18.4 Å². The molecule has 5 rings (SSSR count). The first-order valence-electron chi connectivity index (χ1n) is 12.0. The zero-order valence-corrected chi connectivity index (χ0v) is 20.0. The van der Waals surface area contributed by atoms with Crippen molar-refractivity contribution in [3.8, 4) is 5.69 Å². The van der Waals surface area contributed by atoms with E-state index in [1.807, 2.05) is 49.1 Å². The van der Waals surface area contributed by atoms with E-state index in [1.165, 1.54) is 0 Å². The summed E-state index contributed by atoms with van der Waals surface area (Å²) in [6.45, 7) is 5.15. The third-order valence-electron chi connectivity index (χ3n) is 6.64. The Morgan fingerprint density at radius 1 is 1.06 bits per heavy atom. The van der Waals surface area contributed by atoms with Gasteiger partial charge in [-0.15, -0.1) is 0 Å². The van der Waals surface area contributed by atoms with Crippen LogP contribution in [-0.2, 0) is 4.79 Å². The predicted molar refractivity (Wildman–Crippen MR) is 133 cm³/mol. The normalized spacial score (nSPS) is 17.5. The lowest BCUT2D eigenvalue weighted by atomic mass is 10.1. The monoisotopic (exact) mass is 471 g/mol. The van der Waals surface area contributed by atoms with Crippen molar-refractivity contribution in [3.63, 3.8) is 0 Å². The molecule has 2 fully saturated rings. The van der Waals surface area contributed by atoms with Gasteiger partial charge in [0, 0.05) is 42.6 Å². The Bertz CT molecular complexity index is 1280. The van der Waals surface area contributed by atoms with Gasteiger partial charge in [-0.05, 0) is 62.6 Å². The second kappa shape index (κ2) is 9.37. The maximum Gasteiger partial charge on any atom is 0.256 e. The van der Waals surface area contributed by atoms with Gasteiger partial charge in [0.25, 0.3) is 11.8 Å². The van der Waals surface area contributed by atoms with Crippen LogP contribution >= 0.6 is 0 Å². The van der Waals surface area contributed by atoms with Gasteiger partial charge in [-0.25, -0.2) is 4.68 Å². The third-order valence-corrected chi connectivity index (χ3v) is 6.64. The lowest BCUT2D eigenvalue weighted by molar-refractivity contribution is -0.128. The maximum atomic E-state index is 12.6. The lowest BCUT2D eigenvalue weighted by Crippen LogP contribution is -2.32. The molecule has 0 bridgehead atoms. The molecule has 35 heavy (non-hydrogen) atoms. The highest BCUT2D eigenvalue weighted by atomic mass is 16.2. The van der Waals surface area contributed by atoms with Crippen LogP contribution in [0.2, 0.25) is 0 Å². The first-order chi connectivity index (χ1) is 16.9. The van der Waals surface area contributed by atoms with Crippen LogP contribution in [0.3, 0.4) is 0 Å². The molecule has 1 aromatic heterocycles. The predicted octanol–water partition coefficient (Wildman–Crippen LogP) is 3.48. The fourth-order valence-electron chi connectivity index (χ4n) is 4.58. The number of aryl methyl sites for hydroxylation is 2. The van der Waals surface area contributed by atoms with E-state index in [0.717, 1.165) is 36.2 Å². The van der Waals surface area contributed by atoms with E-state index in [1.54, 1.807) is 29.2 Å². The number of anilines is 1. The number of rotatable bonds is 7. The number of carbonyl (C=O) groups is 3. The summed E-state index contributed by atoms with van der Waals surface area (Å²) < 4.78 is 1.65. The fraction of sp³-hybridized carbons (Fsp3) is 0.333. The minimum atomic E-state index is -0.182. The molecule has 1 saturated heterocycles. The number of nitrogens with zero attached hydrogens (tertiary/aromatic N) is 3. The number of hydrogen-bond acceptors (Lipinski definition) is 4. The molecule has 1 aliphatic carbocycles. The number of carbonyl (C=O) groups excluding carboxylic acids is 3. The minimum absolute atomic E-state index is 0.157. The van der Waals surface area contributed by atoms with E-state index >= 15 is 0 Å². The summed E-state index contributed by atoms with van der Waals surface area (Å²) in [6, 6.07) is 13.3. The third kappa shape index (κ3) is 5.11. The number of hydrogen-bond donors (Lipinski definition) is 2. The standard InChI is InChI=1S/C27H29N5O3/c1-17-3-10-24(18(2)11-17)27(35)30-21-14-29-32(16-21)23-6-4-20(5-7-23)26(34)28-13-19-12-25(33)31(15-19)22-8-9-22/h3-7,10-11,14,16,19,22H,8-9,12-13,15H2,1-2H3,(H,28,34)(H,30,35)/t19-/m1/s1. The Labute approximate surface area is 204 Å². The number of amides is 3. The second-order valence-electron chi connectivity index (χ2n) is 9.55. The van der Waals surface area contributed by atoms with Gasteiger partial charge in [0.1, 0.15) is 0 Å². The van der Waals surface area contributed by atoms with Crippen LogP contribution < -0.4 is 10.6 Å². The van der Waals surface area contributed by atoms with Crippen molar-refractivity contribution in [2.45, 2.75) is 39.2 Å². The van der Waals surface area contributed by atoms with E-state index in [2.05, 4.69) is 15.7 Å². The molecule has 2 aliphatic rings. The highest BCUT2D eigenvalue weighted by Gasteiger charge is 2.39. The molecule has 1 saturated carbocycles. The quantitative estimate of drug-likeness (QED) is 0.551. The Morgan fingerprint density at radius 2 is 1.83 bits per heavy atom. The highest BCUT2D eigenvalue weighted by Crippen LogP contribution is 2.32. The Kier molecular flexibility index (Phi) is 6.11. The molecule has 3 amide bonds. The van der Waals surface area contributed by atoms with E-state index < -0.39 is 0 Å². The van der Waals surface area contributed by atoms with Crippen molar-refractivity contribution in [3.05, 3.63) is 77.1 Å². The van der Waals surface area contributed by atoms with Crippen LogP contribution in [0.4, 0.5) is 5.69 Å². The molecular weight excluding hydrogens is 442 g/mol. The van der Waals surface area contributed by atoms with Gasteiger partial charge in [-0.1, -0.05) is 17.7 Å². The molecule has 3 aromatic rings. The number of nitrogens with one attached hydrogen (secondary N) is 2. The average molecular weight is 472 g/mol. The molecule has 2 heterocycles. The zero-order chi connectivity index (χ0) is 24.5. The van der Waals surface area contributed by atoms with Crippen molar-refractivity contribution >= 4 is 23.4 Å². The largest absolute Gasteiger partial charge is 0.352 e. The zero-order valence-electron chi connectivity index (χ0n) is 20.0. The summed E-state index contributed by atoms with van der Waals surface area (Å²) in [7, 11) is 0. The summed E-state index contributed by atoms with van der Waals surface area (Å²) in [5.41, 5.74) is 4.56. The Hall–Kier alpha value is -3.94. The number of benzene rings is 2. The molecule has 0 spiro atoms. The Morgan fingerprint density at radius 3 is 2.54 bits per heavy atom. The molecule has 180 valence electrons. The summed E-state index contributed by atoms with van der Waals surface area (Å²) in [6.07, 6.45) is 6.05. The van der Waals surface area contributed by atoms with E-state index in [4.69, 9.17) is 0 Å². The highest BCUT2D eigenvalue weighted by molar-refractivity contribution is 6.05. The Balaban J connectivity index is 1.16. The van der Waals surface area contributed by atoms with Gasteiger partial charge >= 0.3 is 0 Å². The number of likely N-dealkylation sites (tertiary alicyclic amines) is 1. The van der Waals surface area contributed by atoms with Crippen LogP contribution in [0.25, 0.3) is 5.69 Å². The summed E-state index contributed by atoms with van der Waals surface area (Å²) in [4.78, 5) is 39.3. The molecule has 1 aliphatic heterocycles. The van der Waals surface area contributed by atoms with Crippen LogP contribution in [0.15, 0.2) is 54.9 Å². The molecule has 8 heteroatoms. The SMILES string of the molecule is Cc1ccc(C(=O)Nc2cnn(-c3ccc(C(=O)NC[C@H]4CC(=O)N(C5CC5)C4)cc3)c2)c(C)c1. The van der Waals surface area contributed by atoms with Crippen molar-refractivity contribution < 1.29 is 14.4 Å². The van der Waals surface area contributed by atoms with Crippen LogP contribution in [0.5, 0.6) is 0 Å². The van der Waals surface area contributed by atoms with Gasteiger partial charge in [0.05, 0.1) is 23.8 Å². The van der Waals surface area contributed by atoms with Gasteiger partial charge in [0.2, 0.25) is 5.91 Å². The second-order valence-corrected chi connectivity index (χ2v) is 9.55. The van der Waals surface area contributed by atoms with Crippen LogP contribution in [0, 0.1) is 19.8 Å². The number of aromatic nitrogens is 2. The average Bonchev–Trinajstić information content (AvgIpc) is 3.46. The summed E-state index contributed by atoms with van der Waals surface area (Å²) in [5.74, 6) is 0.0432. The fourth-order valence-corrected chi connectivity index (χ4v) is 4.58. The van der Waals surface area contributed by atoms with Gasteiger partial charge in [0.15, 0.2) is 0 Å². The van der Waals surface area contributed by atoms with E-state index in [0.29, 0.717) is 35.8 Å². The summed E-state index contributed by atoms with van der Waals surface area (Å²) in [5, 5.41) is 10.2. The minimum Gasteiger partial charge on any atom is -0.352 e. The molecule has 2 N–H and O–H groups in total. The van der Waals surface area contributed by atoms with E-state index in [9.17, 15) is 14.4 Å². The topological polar surface area (TPSA) is 96.3 Å². The van der Waals surface area contributed by atoms with Crippen LogP contribution in [0.1, 0.15) is 51.1 Å². The van der Waals surface area contributed by atoms with Crippen LogP contribution in [-0.4, -0.2) is 51.5 Å². The first-order valence-corrected chi connectivity index (χ1v) is 12.0.